The minimum absolute atomic E-state index is 0.0133. The van der Waals surface area contributed by atoms with Gasteiger partial charge in [0.15, 0.2) is 0 Å². The van der Waals surface area contributed by atoms with Crippen molar-refractivity contribution in [1.29, 1.82) is 0 Å². The first-order valence-corrected chi connectivity index (χ1v) is 11.3. The molecule has 2 aromatic rings. The molecular formula is C22H23N3O4S. The van der Waals surface area contributed by atoms with E-state index in [-0.39, 0.29) is 10.6 Å². The number of Topliss-reactive ketones (excluding diaryl/α,β-unsaturated/α-hetero) is 1. The lowest BCUT2D eigenvalue weighted by atomic mass is 9.99. The summed E-state index contributed by atoms with van der Waals surface area (Å²) in [5.41, 5.74) is 6.77. The van der Waals surface area contributed by atoms with E-state index in [2.05, 4.69) is 4.90 Å². The van der Waals surface area contributed by atoms with Gasteiger partial charge in [-0.25, -0.2) is 8.42 Å². The van der Waals surface area contributed by atoms with Crippen LogP contribution < -0.4 is 5.73 Å². The van der Waals surface area contributed by atoms with E-state index in [9.17, 15) is 18.0 Å². The number of nitrogens with zero attached hydrogens (tertiary/aromatic N) is 2. The third-order valence-corrected chi connectivity index (χ3v) is 7.21. The highest BCUT2D eigenvalue weighted by Crippen LogP contribution is 2.40. The van der Waals surface area contributed by atoms with Crippen LogP contribution >= 0.6 is 0 Å². The first-order chi connectivity index (χ1) is 14.4. The second kappa shape index (κ2) is 7.95. The van der Waals surface area contributed by atoms with Crippen molar-refractivity contribution in [3.8, 4) is 0 Å². The van der Waals surface area contributed by atoms with Gasteiger partial charge < -0.3 is 10.6 Å². The van der Waals surface area contributed by atoms with Crippen molar-refractivity contribution in [1.82, 2.24) is 9.21 Å². The van der Waals surface area contributed by atoms with Crippen LogP contribution in [0.4, 0.5) is 0 Å². The van der Waals surface area contributed by atoms with E-state index >= 15 is 0 Å². The van der Waals surface area contributed by atoms with E-state index in [1.165, 1.54) is 6.07 Å². The fourth-order valence-corrected chi connectivity index (χ4v) is 5.70. The summed E-state index contributed by atoms with van der Waals surface area (Å²) in [5.74, 6) is -1.27. The Labute approximate surface area is 175 Å². The second-order valence-electron chi connectivity index (χ2n) is 7.41. The second-order valence-corrected chi connectivity index (χ2v) is 9.24. The molecule has 2 aliphatic rings. The predicted molar refractivity (Wildman–Crippen MR) is 113 cm³/mol. The fraction of sp³-hybridized carbons (Fsp3) is 0.273. The van der Waals surface area contributed by atoms with Gasteiger partial charge >= 0.3 is 0 Å². The molecule has 0 radical (unpaired) electrons. The Morgan fingerprint density at radius 1 is 0.900 bits per heavy atom. The van der Waals surface area contributed by atoms with Crippen LogP contribution in [0.1, 0.15) is 35.2 Å². The molecule has 4 rings (SSSR count). The lowest BCUT2D eigenvalue weighted by Gasteiger charge is -2.39. The molecule has 1 saturated heterocycles. The smallest absolute Gasteiger partial charge is 0.265 e. The minimum atomic E-state index is -4.12. The maximum absolute atomic E-state index is 13.6. The largest absolute Gasteiger partial charge is 0.369 e. The topological polar surface area (TPSA) is 101 Å². The standard InChI is InChI=1S/C22H23N3O4S/c23-19(26)15-25-21(22(27)16-9-3-1-4-10-16)20(24-13-7-2-8-14-24)17-11-5-6-12-18(17)30(25,28)29/h1,3-6,9-12H,2,7-8,13-15H2,(H2,23,26). The summed E-state index contributed by atoms with van der Waals surface area (Å²) in [7, 11) is -4.12. The number of amides is 1. The SMILES string of the molecule is NC(=O)CN1C(C(=O)c2ccccc2)=C(N2CCCCC2)c2ccccc2S1(=O)=O. The number of carbonyl (C=O) groups excluding carboxylic acids is 2. The summed E-state index contributed by atoms with van der Waals surface area (Å²) in [4.78, 5) is 27.6. The molecule has 2 aliphatic heterocycles. The van der Waals surface area contributed by atoms with Gasteiger partial charge in [0.05, 0.1) is 10.6 Å². The molecule has 8 heteroatoms. The number of piperidine rings is 1. The highest BCUT2D eigenvalue weighted by Gasteiger charge is 2.42. The van der Waals surface area contributed by atoms with Crippen LogP contribution in [0.15, 0.2) is 65.2 Å². The normalized spacial score (nSPS) is 18.1. The number of hydrogen-bond donors (Lipinski definition) is 1. The van der Waals surface area contributed by atoms with E-state index < -0.39 is 28.3 Å². The maximum Gasteiger partial charge on any atom is 0.265 e. The van der Waals surface area contributed by atoms with Crippen LogP contribution in [-0.4, -0.2) is 48.9 Å². The molecule has 156 valence electrons. The number of hydrogen-bond acceptors (Lipinski definition) is 5. The van der Waals surface area contributed by atoms with Gasteiger partial charge in [0.25, 0.3) is 10.0 Å². The van der Waals surface area contributed by atoms with Crippen molar-refractivity contribution in [2.75, 3.05) is 19.6 Å². The van der Waals surface area contributed by atoms with E-state index in [1.54, 1.807) is 48.5 Å². The summed E-state index contributed by atoms with van der Waals surface area (Å²) < 4.78 is 27.7. The van der Waals surface area contributed by atoms with E-state index in [1.807, 2.05) is 0 Å². The molecule has 0 unspecified atom stereocenters. The third kappa shape index (κ3) is 3.47. The number of carbonyl (C=O) groups is 2. The van der Waals surface area contributed by atoms with Gasteiger partial charge in [-0.15, -0.1) is 0 Å². The molecular weight excluding hydrogens is 402 g/mol. The Balaban J connectivity index is 2.02. The Morgan fingerprint density at radius 2 is 1.53 bits per heavy atom. The predicted octanol–water partition coefficient (Wildman–Crippen LogP) is 2.21. The van der Waals surface area contributed by atoms with Crippen LogP contribution in [-0.2, 0) is 14.8 Å². The monoisotopic (exact) mass is 425 g/mol. The molecule has 0 aliphatic carbocycles. The molecule has 1 fully saturated rings. The van der Waals surface area contributed by atoms with Gasteiger partial charge in [-0.1, -0.05) is 48.5 Å². The number of ketones is 1. The Bertz CT molecular complexity index is 1120. The van der Waals surface area contributed by atoms with Crippen molar-refractivity contribution in [3.63, 3.8) is 0 Å². The highest BCUT2D eigenvalue weighted by atomic mass is 32.2. The first-order valence-electron chi connectivity index (χ1n) is 9.90. The lowest BCUT2D eigenvalue weighted by molar-refractivity contribution is -0.117. The summed E-state index contributed by atoms with van der Waals surface area (Å²) in [5, 5.41) is 0. The van der Waals surface area contributed by atoms with Crippen molar-refractivity contribution in [2.24, 2.45) is 5.73 Å². The number of likely N-dealkylation sites (tertiary alicyclic amines) is 1. The minimum Gasteiger partial charge on any atom is -0.369 e. The van der Waals surface area contributed by atoms with Crippen molar-refractivity contribution in [2.45, 2.75) is 24.2 Å². The van der Waals surface area contributed by atoms with E-state index in [0.29, 0.717) is 29.9 Å². The third-order valence-electron chi connectivity index (χ3n) is 5.41. The highest BCUT2D eigenvalue weighted by molar-refractivity contribution is 7.89. The van der Waals surface area contributed by atoms with Crippen LogP contribution in [0.3, 0.4) is 0 Å². The van der Waals surface area contributed by atoms with Crippen LogP contribution in [0.2, 0.25) is 0 Å². The Morgan fingerprint density at radius 3 is 2.20 bits per heavy atom. The molecule has 0 spiro atoms. The summed E-state index contributed by atoms with van der Waals surface area (Å²) in [6.07, 6.45) is 2.97. The van der Waals surface area contributed by atoms with Crippen LogP contribution in [0, 0.1) is 0 Å². The van der Waals surface area contributed by atoms with Crippen molar-refractivity contribution >= 4 is 27.4 Å². The molecule has 30 heavy (non-hydrogen) atoms. The number of primary amides is 1. The van der Waals surface area contributed by atoms with Gasteiger partial charge in [-0.05, 0) is 25.3 Å². The van der Waals surface area contributed by atoms with E-state index in [4.69, 9.17) is 5.73 Å². The fourth-order valence-electron chi connectivity index (χ4n) is 4.06. The zero-order chi connectivity index (χ0) is 21.3. The number of nitrogens with two attached hydrogens (primary N) is 1. The van der Waals surface area contributed by atoms with Gasteiger partial charge in [-0.2, -0.15) is 0 Å². The molecule has 2 aromatic carbocycles. The molecule has 0 bridgehead atoms. The van der Waals surface area contributed by atoms with Gasteiger partial charge in [0.1, 0.15) is 12.2 Å². The Hall–Kier alpha value is -3.13. The molecule has 2 heterocycles. The average molecular weight is 426 g/mol. The maximum atomic E-state index is 13.6. The van der Waals surface area contributed by atoms with E-state index in [0.717, 1.165) is 23.6 Å². The van der Waals surface area contributed by atoms with Gasteiger partial charge in [-0.3, -0.25) is 13.9 Å². The lowest BCUT2D eigenvalue weighted by Crippen LogP contribution is -2.45. The molecule has 7 nitrogen and oxygen atoms in total. The van der Waals surface area contributed by atoms with Crippen LogP contribution in [0.5, 0.6) is 0 Å². The van der Waals surface area contributed by atoms with Crippen LogP contribution in [0.25, 0.3) is 5.70 Å². The molecule has 1 amide bonds. The van der Waals surface area contributed by atoms with Gasteiger partial charge in [0.2, 0.25) is 11.7 Å². The zero-order valence-corrected chi connectivity index (χ0v) is 17.3. The summed E-state index contributed by atoms with van der Waals surface area (Å²) in [6.45, 7) is 0.821. The molecule has 0 aromatic heterocycles. The number of sulfonamides is 1. The molecule has 2 N–H and O–H groups in total. The number of fused-ring (bicyclic) bond motifs is 1. The molecule has 0 atom stereocenters. The Kier molecular flexibility index (Phi) is 5.34. The average Bonchev–Trinajstić information content (AvgIpc) is 2.76. The van der Waals surface area contributed by atoms with Crippen molar-refractivity contribution in [3.05, 3.63) is 71.4 Å². The number of benzene rings is 2. The number of allylic oxidation sites excluding steroid dienone is 1. The van der Waals surface area contributed by atoms with Crippen molar-refractivity contribution < 1.29 is 18.0 Å². The first kappa shape index (κ1) is 20.2. The quantitative estimate of drug-likeness (QED) is 0.741. The molecule has 0 saturated carbocycles. The van der Waals surface area contributed by atoms with Gasteiger partial charge in [0, 0.05) is 24.2 Å². The zero-order valence-electron chi connectivity index (χ0n) is 16.5. The summed E-state index contributed by atoms with van der Waals surface area (Å²) >= 11 is 0. The number of rotatable bonds is 5. The summed E-state index contributed by atoms with van der Waals surface area (Å²) in [6, 6.07) is 15.1.